The zero-order chi connectivity index (χ0) is 16.1. The molecule has 0 saturated heterocycles. The number of amides is 1. The highest BCUT2D eigenvalue weighted by Crippen LogP contribution is 2.22. The van der Waals surface area contributed by atoms with Crippen molar-refractivity contribution >= 4 is 22.8 Å². The van der Waals surface area contributed by atoms with E-state index in [1.807, 2.05) is 35.0 Å². The molecule has 0 aliphatic carbocycles. The highest BCUT2D eigenvalue weighted by Gasteiger charge is 2.18. The Bertz CT molecular complexity index is 678. The lowest BCUT2D eigenvalue weighted by Gasteiger charge is -2.15. The minimum absolute atomic E-state index is 0.0649. The first kappa shape index (κ1) is 16.0. The normalized spacial score (nSPS) is 10.8. The molecule has 0 atom stereocenters. The van der Waals surface area contributed by atoms with Gasteiger partial charge in [-0.25, -0.2) is 0 Å². The SMILES string of the molecule is COCCn1cc(C(=O)N(C)CCC(=O)O)c2ccccc21. The number of carboxylic acids is 1. The molecule has 0 radical (unpaired) electrons. The Morgan fingerprint density at radius 3 is 2.73 bits per heavy atom. The number of rotatable bonds is 7. The number of methoxy groups -OCH3 is 1. The van der Waals surface area contributed by atoms with Gasteiger partial charge in [0.1, 0.15) is 0 Å². The third kappa shape index (κ3) is 3.46. The van der Waals surface area contributed by atoms with Gasteiger partial charge in [-0.1, -0.05) is 18.2 Å². The van der Waals surface area contributed by atoms with Crippen LogP contribution in [0.2, 0.25) is 0 Å². The third-order valence-corrected chi connectivity index (χ3v) is 3.56. The summed E-state index contributed by atoms with van der Waals surface area (Å²) in [5.41, 5.74) is 1.55. The van der Waals surface area contributed by atoms with E-state index in [0.29, 0.717) is 18.7 Å². The zero-order valence-electron chi connectivity index (χ0n) is 12.8. The van der Waals surface area contributed by atoms with E-state index in [0.717, 1.165) is 10.9 Å². The summed E-state index contributed by atoms with van der Waals surface area (Å²) < 4.78 is 7.08. The lowest BCUT2D eigenvalue weighted by atomic mass is 10.1. The number of nitrogens with zero attached hydrogens (tertiary/aromatic N) is 2. The molecule has 2 rings (SSSR count). The molecule has 6 nitrogen and oxygen atoms in total. The van der Waals surface area contributed by atoms with Crippen LogP contribution < -0.4 is 0 Å². The number of carbonyl (C=O) groups is 2. The van der Waals surface area contributed by atoms with Crippen molar-refractivity contribution in [2.45, 2.75) is 13.0 Å². The Balaban J connectivity index is 2.30. The quantitative estimate of drug-likeness (QED) is 0.847. The smallest absolute Gasteiger partial charge is 0.305 e. The van der Waals surface area contributed by atoms with Gasteiger partial charge in [-0.15, -0.1) is 0 Å². The molecule has 0 spiro atoms. The molecule has 6 heteroatoms. The first-order valence-electron chi connectivity index (χ1n) is 7.08. The Morgan fingerprint density at radius 2 is 2.05 bits per heavy atom. The van der Waals surface area contributed by atoms with E-state index in [1.54, 1.807) is 14.2 Å². The Hall–Kier alpha value is -2.34. The van der Waals surface area contributed by atoms with Crippen molar-refractivity contribution in [2.75, 3.05) is 27.3 Å². The number of carbonyl (C=O) groups excluding carboxylic acids is 1. The summed E-state index contributed by atoms with van der Waals surface area (Å²) in [4.78, 5) is 24.6. The van der Waals surface area contributed by atoms with Crippen LogP contribution in [0.1, 0.15) is 16.8 Å². The standard InChI is InChI=1S/C16H20N2O4/c1-17(8-7-15(19)20)16(21)13-11-18(9-10-22-2)14-6-4-3-5-12(13)14/h3-6,11H,7-10H2,1-2H3,(H,19,20). The Kier molecular flexibility index (Phi) is 5.16. The van der Waals surface area contributed by atoms with Crippen molar-refractivity contribution < 1.29 is 19.4 Å². The molecule has 0 fully saturated rings. The van der Waals surface area contributed by atoms with Crippen LogP contribution >= 0.6 is 0 Å². The van der Waals surface area contributed by atoms with E-state index >= 15 is 0 Å². The molecule has 0 bridgehead atoms. The van der Waals surface area contributed by atoms with Crippen molar-refractivity contribution in [3.8, 4) is 0 Å². The van der Waals surface area contributed by atoms with Crippen molar-refractivity contribution in [2.24, 2.45) is 0 Å². The van der Waals surface area contributed by atoms with Crippen LogP contribution in [0, 0.1) is 0 Å². The molecule has 1 amide bonds. The predicted molar refractivity (Wildman–Crippen MR) is 83.0 cm³/mol. The minimum Gasteiger partial charge on any atom is -0.481 e. The van der Waals surface area contributed by atoms with Crippen LogP contribution in [0.15, 0.2) is 30.5 Å². The number of fused-ring (bicyclic) bond motifs is 1. The number of aromatic nitrogens is 1. The van der Waals surface area contributed by atoms with Gasteiger partial charge in [0.15, 0.2) is 0 Å². The predicted octanol–water partition coefficient (Wildman–Crippen LogP) is 1.83. The highest BCUT2D eigenvalue weighted by atomic mass is 16.5. The number of hydrogen-bond donors (Lipinski definition) is 1. The summed E-state index contributed by atoms with van der Waals surface area (Å²) in [5.74, 6) is -1.09. The molecule has 0 aliphatic rings. The molecular weight excluding hydrogens is 284 g/mol. The molecule has 1 N–H and O–H groups in total. The molecule has 118 valence electrons. The fraction of sp³-hybridized carbons (Fsp3) is 0.375. The van der Waals surface area contributed by atoms with Gasteiger partial charge >= 0.3 is 5.97 Å². The van der Waals surface area contributed by atoms with Crippen LogP contribution in [0.3, 0.4) is 0 Å². The van der Waals surface area contributed by atoms with Crippen molar-refractivity contribution in [1.29, 1.82) is 0 Å². The highest BCUT2D eigenvalue weighted by molar-refractivity contribution is 6.07. The van der Waals surface area contributed by atoms with E-state index in [9.17, 15) is 9.59 Å². The average molecular weight is 304 g/mol. The lowest BCUT2D eigenvalue weighted by molar-refractivity contribution is -0.137. The summed E-state index contributed by atoms with van der Waals surface area (Å²) in [7, 11) is 3.25. The second kappa shape index (κ2) is 7.09. The largest absolute Gasteiger partial charge is 0.481 e. The number of aliphatic carboxylic acids is 1. The van der Waals surface area contributed by atoms with Gasteiger partial charge in [0.05, 0.1) is 18.6 Å². The molecular formula is C16H20N2O4. The molecule has 0 saturated carbocycles. The Labute approximate surface area is 128 Å². The van der Waals surface area contributed by atoms with Crippen molar-refractivity contribution in [3.05, 3.63) is 36.0 Å². The first-order valence-corrected chi connectivity index (χ1v) is 7.08. The first-order chi connectivity index (χ1) is 10.5. The van der Waals surface area contributed by atoms with Gasteiger partial charge in [0.25, 0.3) is 5.91 Å². The third-order valence-electron chi connectivity index (χ3n) is 3.56. The maximum atomic E-state index is 12.5. The summed E-state index contributed by atoms with van der Waals surface area (Å²) >= 11 is 0. The summed E-state index contributed by atoms with van der Waals surface area (Å²) in [6.07, 6.45) is 1.74. The number of hydrogen-bond acceptors (Lipinski definition) is 3. The number of ether oxygens (including phenoxy) is 1. The van der Waals surface area contributed by atoms with Gasteiger partial charge < -0.3 is 19.3 Å². The molecule has 1 aromatic carbocycles. The van der Waals surface area contributed by atoms with Crippen molar-refractivity contribution in [3.63, 3.8) is 0 Å². The molecule has 1 aromatic heterocycles. The maximum Gasteiger partial charge on any atom is 0.305 e. The molecule has 2 aromatic rings. The van der Waals surface area contributed by atoms with Gasteiger partial charge in [-0.2, -0.15) is 0 Å². The van der Waals surface area contributed by atoms with E-state index in [-0.39, 0.29) is 18.9 Å². The van der Waals surface area contributed by atoms with Crippen LogP contribution in [0.4, 0.5) is 0 Å². The van der Waals surface area contributed by atoms with Crippen LogP contribution in [-0.2, 0) is 16.1 Å². The summed E-state index contributed by atoms with van der Waals surface area (Å²) in [6, 6.07) is 7.67. The molecule has 1 heterocycles. The van der Waals surface area contributed by atoms with E-state index in [1.165, 1.54) is 4.90 Å². The summed E-state index contributed by atoms with van der Waals surface area (Å²) in [5, 5.41) is 9.60. The lowest BCUT2D eigenvalue weighted by Crippen LogP contribution is -2.28. The van der Waals surface area contributed by atoms with Crippen LogP contribution in [-0.4, -0.2) is 53.8 Å². The minimum atomic E-state index is -0.915. The van der Waals surface area contributed by atoms with Crippen molar-refractivity contribution in [1.82, 2.24) is 9.47 Å². The second-order valence-electron chi connectivity index (χ2n) is 5.12. The maximum absolute atomic E-state index is 12.5. The van der Waals surface area contributed by atoms with E-state index in [4.69, 9.17) is 9.84 Å². The van der Waals surface area contributed by atoms with Crippen LogP contribution in [0.25, 0.3) is 10.9 Å². The second-order valence-corrected chi connectivity index (χ2v) is 5.12. The number of carboxylic acid groups (broad SMARTS) is 1. The summed E-state index contributed by atoms with van der Waals surface area (Å²) in [6.45, 7) is 1.40. The van der Waals surface area contributed by atoms with Gasteiger partial charge in [0, 0.05) is 44.3 Å². The van der Waals surface area contributed by atoms with E-state index < -0.39 is 5.97 Å². The molecule has 22 heavy (non-hydrogen) atoms. The van der Waals surface area contributed by atoms with Crippen LogP contribution in [0.5, 0.6) is 0 Å². The number of benzene rings is 1. The molecule has 0 aliphatic heterocycles. The monoisotopic (exact) mass is 304 g/mol. The van der Waals surface area contributed by atoms with Gasteiger partial charge in [0.2, 0.25) is 0 Å². The fourth-order valence-corrected chi connectivity index (χ4v) is 2.36. The molecule has 0 unspecified atom stereocenters. The Morgan fingerprint density at radius 1 is 1.32 bits per heavy atom. The topological polar surface area (TPSA) is 71.8 Å². The zero-order valence-corrected chi connectivity index (χ0v) is 12.8. The fourth-order valence-electron chi connectivity index (χ4n) is 2.36. The van der Waals surface area contributed by atoms with Gasteiger partial charge in [-0.3, -0.25) is 9.59 Å². The van der Waals surface area contributed by atoms with E-state index in [2.05, 4.69) is 0 Å². The number of para-hydroxylation sites is 1. The average Bonchev–Trinajstić information content (AvgIpc) is 2.88. The van der Waals surface area contributed by atoms with Gasteiger partial charge in [-0.05, 0) is 6.07 Å².